The van der Waals surface area contributed by atoms with Gasteiger partial charge in [-0.05, 0) is 18.2 Å². The highest BCUT2D eigenvalue weighted by atomic mass is 35.5. The molecule has 0 saturated carbocycles. The summed E-state index contributed by atoms with van der Waals surface area (Å²) in [5.74, 6) is 0. The van der Waals surface area contributed by atoms with Crippen LogP contribution in [0.4, 0.5) is 5.69 Å². The Morgan fingerprint density at radius 3 is 1.51 bits per heavy atom. The number of benzene rings is 1. The van der Waals surface area contributed by atoms with Crippen molar-refractivity contribution in [3.05, 3.63) is 42.6 Å². The van der Waals surface area contributed by atoms with Gasteiger partial charge in [0.25, 0.3) is 0 Å². The highest BCUT2D eigenvalue weighted by Gasteiger charge is 2.43. The Bertz CT molecular complexity index is 1190. The monoisotopic (exact) mass is 644 g/mol. The number of halogens is 1. The van der Waals surface area contributed by atoms with Gasteiger partial charge in [0.1, 0.15) is 13.7 Å². The summed E-state index contributed by atoms with van der Waals surface area (Å²) in [4.78, 5) is 0. The van der Waals surface area contributed by atoms with Gasteiger partial charge in [-0.1, -0.05) is 30.0 Å². The molecule has 0 radical (unpaired) electrons. The van der Waals surface area contributed by atoms with Crippen molar-refractivity contribution in [2.24, 2.45) is 11.8 Å². The van der Waals surface area contributed by atoms with Crippen LogP contribution >= 0.6 is 26.1 Å². The van der Waals surface area contributed by atoms with Crippen LogP contribution in [0, 0.1) is 0 Å². The predicted molar refractivity (Wildman–Crippen MR) is 171 cm³/mol. The highest BCUT2D eigenvalue weighted by molar-refractivity contribution is 8.15. The Kier molecular flexibility index (Phi) is 11.2. The molecule has 0 atom stereocenters. The van der Waals surface area contributed by atoms with Crippen LogP contribution in [0.25, 0.3) is 0 Å². The molecule has 0 bridgehead atoms. The van der Waals surface area contributed by atoms with Gasteiger partial charge in [0.05, 0.1) is 64.0 Å². The zero-order chi connectivity index (χ0) is 27.4. The molecular formula is C27H43ClN6O4P2S. The van der Waals surface area contributed by atoms with E-state index in [2.05, 4.69) is 72.9 Å². The maximum Gasteiger partial charge on any atom is 0.134 e. The van der Waals surface area contributed by atoms with Crippen LogP contribution in [0.2, 0.25) is 0 Å². The topological polar surface area (TPSA) is 67.2 Å². The summed E-state index contributed by atoms with van der Waals surface area (Å²) in [5, 5.41) is 1.27. The lowest BCUT2D eigenvalue weighted by atomic mass is 10.3. The summed E-state index contributed by atoms with van der Waals surface area (Å²) in [6.07, 6.45) is 0.0569. The maximum absolute atomic E-state index is 6.82. The van der Waals surface area contributed by atoms with Crippen molar-refractivity contribution < 1.29 is 18.9 Å². The van der Waals surface area contributed by atoms with Crippen LogP contribution in [0.1, 0.15) is 0 Å². The summed E-state index contributed by atoms with van der Waals surface area (Å²) < 4.78 is 41.6. The number of morpholine rings is 4. The number of aryl methyl sites for hydroxylation is 1. The Morgan fingerprint density at radius 1 is 0.659 bits per heavy atom. The van der Waals surface area contributed by atoms with Crippen molar-refractivity contribution in [1.29, 1.82) is 0 Å². The van der Waals surface area contributed by atoms with Crippen LogP contribution in [0.15, 0.2) is 47.3 Å². The first-order valence-corrected chi connectivity index (χ1v) is 18.8. The summed E-state index contributed by atoms with van der Waals surface area (Å²) in [6.45, 7) is 12.6. The van der Waals surface area contributed by atoms with Crippen molar-refractivity contribution in [2.75, 3.05) is 105 Å². The van der Waals surface area contributed by atoms with Crippen molar-refractivity contribution in [1.82, 2.24) is 23.2 Å². The Labute approximate surface area is 255 Å². The third-order valence-electron chi connectivity index (χ3n) is 8.13. The third kappa shape index (κ3) is 6.44. The molecule has 228 valence electrons. The molecule has 0 unspecified atom stereocenters. The smallest absolute Gasteiger partial charge is 0.134 e. The number of rotatable bonds is 7. The van der Waals surface area contributed by atoms with Gasteiger partial charge in [0, 0.05) is 70.9 Å². The van der Waals surface area contributed by atoms with Gasteiger partial charge in [0.15, 0.2) is 0 Å². The van der Waals surface area contributed by atoms with E-state index in [1.165, 1.54) is 10.7 Å². The molecule has 41 heavy (non-hydrogen) atoms. The molecular weight excluding hydrogens is 602 g/mol. The standard InChI is InChI=1S/C27H42N6O4P2S.ClH/c1-29-24-26(23-27(29)39(40,32-11-19-36-20-12-32)33-13-21-37-22-14-33)38(30-7-15-34-16-8-30,31-9-17-35-18-10-31)28-25-5-3-2-4-6-25;/h2-6,23-24H,7-22H2,1H3;1H. The van der Waals surface area contributed by atoms with Crippen molar-refractivity contribution in [3.8, 4) is 0 Å². The Balaban J connectivity index is 0.00000337. The summed E-state index contributed by atoms with van der Waals surface area (Å²) in [6, 6.07) is 12.9. The molecule has 1 aromatic heterocycles. The van der Waals surface area contributed by atoms with E-state index < -0.39 is 13.7 Å². The molecule has 4 saturated heterocycles. The summed E-state index contributed by atoms with van der Waals surface area (Å²) >= 11 is 6.82. The lowest BCUT2D eigenvalue weighted by molar-refractivity contribution is 0.0579. The summed E-state index contributed by atoms with van der Waals surface area (Å²) in [7, 11) is -0.204. The Hall–Kier alpha value is -0.650. The summed E-state index contributed by atoms with van der Waals surface area (Å²) in [5.41, 5.74) is 2.25. The number of nitrogens with zero attached hydrogens (tertiary/aromatic N) is 6. The van der Waals surface area contributed by atoms with Crippen molar-refractivity contribution in [3.63, 3.8) is 0 Å². The minimum Gasteiger partial charge on any atom is -0.379 e. The molecule has 5 heterocycles. The molecule has 4 aliphatic heterocycles. The zero-order valence-corrected chi connectivity index (χ0v) is 27.3. The molecule has 14 heteroatoms. The van der Waals surface area contributed by atoms with Crippen molar-refractivity contribution >= 4 is 54.3 Å². The normalized spacial score (nSPS) is 22.8. The van der Waals surface area contributed by atoms with E-state index in [1.54, 1.807) is 0 Å². The SMILES string of the molecule is Cl.Cn1cc(P(=Nc2ccccc2)(N2CCOCC2)N2CCOCC2)cc1P(=S)(N1CCOCC1)N1CCOCC1. The van der Waals surface area contributed by atoms with Crippen LogP contribution in [0.5, 0.6) is 0 Å². The van der Waals surface area contributed by atoms with Gasteiger partial charge >= 0.3 is 0 Å². The first kappa shape index (κ1) is 31.8. The molecule has 10 nitrogen and oxygen atoms in total. The fourth-order valence-corrected chi connectivity index (χ4v) is 14.8. The average molecular weight is 645 g/mol. The molecule has 0 aliphatic carbocycles. The maximum atomic E-state index is 6.82. The second-order valence-corrected chi connectivity index (χ2v) is 17.7. The predicted octanol–water partition coefficient (Wildman–Crippen LogP) is 2.70. The first-order chi connectivity index (χ1) is 19.6. The quantitative estimate of drug-likeness (QED) is 0.424. The first-order valence-electron chi connectivity index (χ1n) is 14.4. The molecule has 1 aromatic carbocycles. The molecule has 0 amide bonds. The second kappa shape index (κ2) is 14.4. The lowest BCUT2D eigenvalue weighted by Crippen LogP contribution is -2.47. The number of ether oxygens (including phenoxy) is 4. The van der Waals surface area contributed by atoms with Crippen LogP contribution < -0.4 is 10.7 Å². The van der Waals surface area contributed by atoms with Gasteiger partial charge in [0.2, 0.25) is 0 Å². The van der Waals surface area contributed by atoms with E-state index >= 15 is 0 Å². The van der Waals surface area contributed by atoms with Crippen LogP contribution in [-0.2, 0) is 37.8 Å². The fraction of sp³-hybridized carbons (Fsp3) is 0.630. The molecule has 2 aromatic rings. The van der Waals surface area contributed by atoms with Gasteiger partial charge in [-0.25, -0.2) is 14.1 Å². The van der Waals surface area contributed by atoms with E-state index in [1.807, 2.05) is 0 Å². The van der Waals surface area contributed by atoms with Crippen molar-refractivity contribution in [2.45, 2.75) is 0 Å². The molecule has 6 rings (SSSR count). The largest absolute Gasteiger partial charge is 0.379 e. The Morgan fingerprint density at radius 2 is 1.07 bits per heavy atom. The van der Waals surface area contributed by atoms with Gasteiger partial charge in [-0.3, -0.25) is 9.34 Å². The molecule has 4 aliphatic rings. The fourth-order valence-electron chi connectivity index (χ4n) is 6.12. The minimum atomic E-state index is -2.38. The van der Waals surface area contributed by atoms with Gasteiger partial charge in [-0.15, -0.1) is 12.4 Å². The molecule has 0 N–H and O–H groups in total. The molecule has 4 fully saturated rings. The van der Waals surface area contributed by atoms with Crippen LogP contribution in [0.3, 0.4) is 0 Å². The molecule has 0 spiro atoms. The zero-order valence-electron chi connectivity index (χ0n) is 23.9. The number of hydrogen-bond acceptors (Lipinski definition) is 6. The van der Waals surface area contributed by atoms with Crippen LogP contribution in [-0.4, -0.2) is 128 Å². The number of aromatic nitrogens is 1. The van der Waals surface area contributed by atoms with E-state index in [0.717, 1.165) is 111 Å². The third-order valence-corrected chi connectivity index (χ3v) is 17.3. The second-order valence-electron chi connectivity index (χ2n) is 10.5. The van der Waals surface area contributed by atoms with E-state index in [9.17, 15) is 0 Å². The van der Waals surface area contributed by atoms with Gasteiger partial charge in [-0.2, -0.15) is 0 Å². The average Bonchev–Trinajstić information content (AvgIpc) is 3.44. The highest BCUT2D eigenvalue weighted by Crippen LogP contribution is 2.59. The van der Waals surface area contributed by atoms with Gasteiger partial charge < -0.3 is 23.5 Å². The number of hydrogen-bond donors (Lipinski definition) is 0. The van der Waals surface area contributed by atoms with E-state index in [0.29, 0.717) is 0 Å². The lowest BCUT2D eigenvalue weighted by Gasteiger charge is -2.46. The van der Waals surface area contributed by atoms with E-state index in [4.69, 9.17) is 35.5 Å². The minimum absolute atomic E-state index is 0. The van der Waals surface area contributed by atoms with E-state index in [-0.39, 0.29) is 12.4 Å².